The minimum absolute atomic E-state index is 0.0626. The maximum atomic E-state index is 11.0. The van der Waals surface area contributed by atoms with Crippen molar-refractivity contribution < 1.29 is 15.0 Å². The van der Waals surface area contributed by atoms with Gasteiger partial charge < -0.3 is 10.2 Å². The van der Waals surface area contributed by atoms with Crippen molar-refractivity contribution in [1.82, 2.24) is 0 Å². The second-order valence-electron chi connectivity index (χ2n) is 5.12. The highest BCUT2D eigenvalue weighted by Crippen LogP contribution is 2.19. The molecule has 3 heteroatoms. The lowest BCUT2D eigenvalue weighted by atomic mass is 9.96. The van der Waals surface area contributed by atoms with Gasteiger partial charge in [0.25, 0.3) is 0 Å². The maximum Gasteiger partial charge on any atom is 0.306 e. The third kappa shape index (κ3) is 3.81. The van der Waals surface area contributed by atoms with Gasteiger partial charge in [-0.25, -0.2) is 0 Å². The normalized spacial score (nSPS) is 12.4. The van der Waals surface area contributed by atoms with Gasteiger partial charge in [-0.05, 0) is 42.0 Å². The van der Waals surface area contributed by atoms with Crippen molar-refractivity contribution >= 4 is 16.7 Å². The maximum absolute atomic E-state index is 11.0. The lowest BCUT2D eigenvalue weighted by Crippen LogP contribution is -2.15. The summed E-state index contributed by atoms with van der Waals surface area (Å²) in [5, 5.41) is 20.3. The topological polar surface area (TPSA) is 57.5 Å². The first kappa shape index (κ1) is 14.5. The minimum atomic E-state index is -0.808. The van der Waals surface area contributed by atoms with E-state index in [9.17, 15) is 4.79 Å². The highest BCUT2D eigenvalue weighted by atomic mass is 16.4. The van der Waals surface area contributed by atoms with Crippen LogP contribution >= 0.6 is 0 Å². The summed E-state index contributed by atoms with van der Waals surface area (Å²) in [5.41, 5.74) is 1.23. The number of hydrogen-bond donors (Lipinski definition) is 2. The smallest absolute Gasteiger partial charge is 0.306 e. The number of carboxylic acid groups (broad SMARTS) is 1. The average Bonchev–Trinajstić information content (AvgIpc) is 2.46. The van der Waals surface area contributed by atoms with Gasteiger partial charge in [-0.2, -0.15) is 0 Å². The summed E-state index contributed by atoms with van der Waals surface area (Å²) in [5.74, 6) is -1.24. The molecule has 0 heterocycles. The molecule has 0 radical (unpaired) electrons. The largest absolute Gasteiger partial charge is 0.481 e. The molecular weight excluding hydrogens is 252 g/mol. The molecule has 0 fully saturated rings. The van der Waals surface area contributed by atoms with E-state index >= 15 is 0 Å². The van der Waals surface area contributed by atoms with Gasteiger partial charge in [0.1, 0.15) is 0 Å². The molecule has 0 aromatic heterocycles. The van der Waals surface area contributed by atoms with Crippen molar-refractivity contribution in [3.63, 3.8) is 0 Å². The number of carboxylic acids is 1. The van der Waals surface area contributed by atoms with Crippen LogP contribution in [-0.2, 0) is 11.2 Å². The molecule has 0 aliphatic rings. The molecule has 1 unspecified atom stereocenters. The van der Waals surface area contributed by atoms with E-state index in [1.54, 1.807) is 0 Å². The van der Waals surface area contributed by atoms with Crippen LogP contribution in [0.5, 0.6) is 0 Å². The zero-order valence-corrected chi connectivity index (χ0v) is 11.5. The number of rotatable bonds is 7. The van der Waals surface area contributed by atoms with Crippen molar-refractivity contribution in [3.8, 4) is 0 Å². The molecule has 20 heavy (non-hydrogen) atoms. The van der Waals surface area contributed by atoms with Crippen LogP contribution in [0.3, 0.4) is 0 Å². The van der Waals surface area contributed by atoms with Gasteiger partial charge in [-0.1, -0.05) is 42.5 Å². The number of aliphatic carboxylic acids is 1. The first-order valence-electron chi connectivity index (χ1n) is 7.02. The Kier molecular flexibility index (Phi) is 5.13. The standard InChI is InChI=1S/C17H20O3/c18-11-10-15(17(19)20)7-3-4-13-8-9-14-5-1-2-6-16(14)12-13/h1-2,5-6,8-9,12,15,18H,3-4,7,10-11H2,(H,19,20). The Balaban J connectivity index is 1.93. The van der Waals surface area contributed by atoms with Crippen LogP contribution in [0, 0.1) is 5.92 Å². The third-order valence-electron chi connectivity index (χ3n) is 3.66. The van der Waals surface area contributed by atoms with E-state index in [0.717, 1.165) is 12.8 Å². The molecule has 106 valence electrons. The molecule has 2 rings (SSSR count). The van der Waals surface area contributed by atoms with E-state index < -0.39 is 11.9 Å². The number of benzene rings is 2. The van der Waals surface area contributed by atoms with Crippen LogP contribution in [0.1, 0.15) is 24.8 Å². The van der Waals surface area contributed by atoms with Gasteiger partial charge in [0.15, 0.2) is 0 Å². The van der Waals surface area contributed by atoms with Gasteiger partial charge in [0.2, 0.25) is 0 Å². The molecule has 1 atom stereocenters. The summed E-state index contributed by atoms with van der Waals surface area (Å²) in [7, 11) is 0. The molecule has 0 saturated heterocycles. The van der Waals surface area contributed by atoms with E-state index in [1.165, 1.54) is 16.3 Å². The molecular formula is C17H20O3. The number of fused-ring (bicyclic) bond motifs is 1. The van der Waals surface area contributed by atoms with Gasteiger partial charge in [-0.15, -0.1) is 0 Å². The van der Waals surface area contributed by atoms with E-state index in [4.69, 9.17) is 10.2 Å². The van der Waals surface area contributed by atoms with Crippen molar-refractivity contribution in [2.45, 2.75) is 25.7 Å². The van der Waals surface area contributed by atoms with Crippen molar-refractivity contribution in [1.29, 1.82) is 0 Å². The number of aryl methyl sites for hydroxylation is 1. The second-order valence-corrected chi connectivity index (χ2v) is 5.12. The molecule has 2 aromatic rings. The quantitative estimate of drug-likeness (QED) is 0.813. The van der Waals surface area contributed by atoms with Crippen LogP contribution in [0.25, 0.3) is 10.8 Å². The monoisotopic (exact) mass is 272 g/mol. The summed E-state index contributed by atoms with van der Waals surface area (Å²) in [6.45, 7) is -0.0626. The fourth-order valence-electron chi connectivity index (χ4n) is 2.49. The molecule has 0 aliphatic heterocycles. The Morgan fingerprint density at radius 2 is 1.80 bits per heavy atom. The van der Waals surface area contributed by atoms with E-state index in [-0.39, 0.29) is 6.61 Å². The molecule has 0 amide bonds. The Morgan fingerprint density at radius 3 is 2.50 bits per heavy atom. The molecule has 0 bridgehead atoms. The van der Waals surface area contributed by atoms with Crippen molar-refractivity contribution in [2.75, 3.05) is 6.61 Å². The molecule has 2 aromatic carbocycles. The highest BCUT2D eigenvalue weighted by Gasteiger charge is 2.15. The SMILES string of the molecule is O=C(O)C(CCO)CCCc1ccc2ccccc2c1. The summed E-state index contributed by atoms with van der Waals surface area (Å²) in [6.07, 6.45) is 2.66. The van der Waals surface area contributed by atoms with Gasteiger partial charge in [-0.3, -0.25) is 4.79 Å². The lowest BCUT2D eigenvalue weighted by molar-refractivity contribution is -0.142. The summed E-state index contributed by atoms with van der Waals surface area (Å²) in [4.78, 5) is 11.0. The summed E-state index contributed by atoms with van der Waals surface area (Å²) >= 11 is 0. The van der Waals surface area contributed by atoms with E-state index in [1.807, 2.05) is 12.1 Å². The first-order chi connectivity index (χ1) is 9.70. The van der Waals surface area contributed by atoms with Crippen LogP contribution in [0.4, 0.5) is 0 Å². The Morgan fingerprint density at radius 1 is 1.05 bits per heavy atom. The Bertz CT molecular complexity index is 577. The molecule has 3 nitrogen and oxygen atoms in total. The third-order valence-corrected chi connectivity index (χ3v) is 3.66. The van der Waals surface area contributed by atoms with E-state index in [0.29, 0.717) is 12.8 Å². The number of aliphatic hydroxyl groups is 1. The molecule has 0 spiro atoms. The zero-order valence-electron chi connectivity index (χ0n) is 11.5. The van der Waals surface area contributed by atoms with Gasteiger partial charge in [0, 0.05) is 6.61 Å². The van der Waals surface area contributed by atoms with Crippen molar-refractivity contribution in [2.24, 2.45) is 5.92 Å². The van der Waals surface area contributed by atoms with Crippen LogP contribution in [-0.4, -0.2) is 22.8 Å². The van der Waals surface area contributed by atoms with Crippen LogP contribution < -0.4 is 0 Å². The van der Waals surface area contributed by atoms with Gasteiger partial charge >= 0.3 is 5.97 Å². The second kappa shape index (κ2) is 7.06. The average molecular weight is 272 g/mol. The van der Waals surface area contributed by atoms with Crippen LogP contribution in [0.15, 0.2) is 42.5 Å². The fraction of sp³-hybridized carbons (Fsp3) is 0.353. The molecule has 2 N–H and O–H groups in total. The Hall–Kier alpha value is -1.87. The van der Waals surface area contributed by atoms with Crippen molar-refractivity contribution in [3.05, 3.63) is 48.0 Å². The number of hydrogen-bond acceptors (Lipinski definition) is 2. The van der Waals surface area contributed by atoms with Gasteiger partial charge in [0.05, 0.1) is 5.92 Å². The zero-order chi connectivity index (χ0) is 14.4. The van der Waals surface area contributed by atoms with Crippen LogP contribution in [0.2, 0.25) is 0 Å². The number of carbonyl (C=O) groups is 1. The highest BCUT2D eigenvalue weighted by molar-refractivity contribution is 5.82. The summed E-state index contributed by atoms with van der Waals surface area (Å²) in [6, 6.07) is 14.6. The molecule has 0 saturated carbocycles. The Labute approximate surface area is 118 Å². The fourth-order valence-corrected chi connectivity index (χ4v) is 2.49. The summed E-state index contributed by atoms with van der Waals surface area (Å²) < 4.78 is 0. The predicted octanol–water partition coefficient (Wildman–Crippen LogP) is 3.25. The molecule has 0 aliphatic carbocycles. The minimum Gasteiger partial charge on any atom is -0.481 e. The lowest BCUT2D eigenvalue weighted by Gasteiger charge is -2.10. The predicted molar refractivity (Wildman–Crippen MR) is 79.7 cm³/mol. The van der Waals surface area contributed by atoms with E-state index in [2.05, 4.69) is 30.3 Å². The number of aliphatic hydroxyl groups excluding tert-OH is 1. The first-order valence-corrected chi connectivity index (χ1v) is 7.02.